The molecule has 2 atom stereocenters. The number of nitrogens with one attached hydrogen (secondary N) is 1. The summed E-state index contributed by atoms with van der Waals surface area (Å²) in [4.78, 5) is 14.7. The molecule has 1 N–H and O–H groups in total. The van der Waals surface area contributed by atoms with E-state index in [0.29, 0.717) is 12.1 Å². The van der Waals surface area contributed by atoms with E-state index in [1.807, 2.05) is 20.0 Å². The Morgan fingerprint density at radius 2 is 2.08 bits per heavy atom. The number of piperazine rings is 1. The van der Waals surface area contributed by atoms with E-state index in [-0.39, 0.29) is 5.56 Å². The molecule has 2 aliphatic heterocycles. The topological polar surface area (TPSA) is 46.5 Å². The summed E-state index contributed by atoms with van der Waals surface area (Å²) in [6, 6.07) is 7.73. The number of rotatable bonds is 4. The number of methoxy groups -OCH3 is 1. The molecule has 2 aromatic rings. The van der Waals surface area contributed by atoms with Crippen LogP contribution in [0.3, 0.4) is 0 Å². The number of pyridine rings is 1. The summed E-state index contributed by atoms with van der Waals surface area (Å²) in [6.07, 6.45) is 3.18. The van der Waals surface area contributed by atoms with Gasteiger partial charge in [0.15, 0.2) is 0 Å². The number of ether oxygens (including phenoxy) is 1. The first-order valence-electron chi connectivity index (χ1n) is 9.29. The fourth-order valence-electron chi connectivity index (χ4n) is 4.37. The van der Waals surface area contributed by atoms with Gasteiger partial charge in [-0.05, 0) is 37.5 Å². The molecule has 0 amide bonds. The van der Waals surface area contributed by atoms with Gasteiger partial charge in [-0.3, -0.25) is 9.69 Å². The van der Waals surface area contributed by atoms with Gasteiger partial charge in [0.25, 0.3) is 5.56 Å². The summed E-state index contributed by atoms with van der Waals surface area (Å²) in [5, 5.41) is 3.55. The van der Waals surface area contributed by atoms with Crippen molar-refractivity contribution in [3.05, 3.63) is 51.4 Å². The van der Waals surface area contributed by atoms with Gasteiger partial charge in [-0.25, -0.2) is 0 Å². The Bertz CT molecular complexity index is 903. The Morgan fingerprint density at radius 3 is 2.73 bits per heavy atom. The molecule has 2 unspecified atom stereocenters. The van der Waals surface area contributed by atoms with Crippen LogP contribution in [0.5, 0.6) is 5.75 Å². The van der Waals surface area contributed by atoms with Crippen LogP contribution < -0.4 is 15.6 Å². The highest BCUT2D eigenvalue weighted by Gasteiger charge is 2.37. The Morgan fingerprint density at radius 1 is 1.27 bits per heavy atom. The Kier molecular flexibility index (Phi) is 4.37. The summed E-state index contributed by atoms with van der Waals surface area (Å²) < 4.78 is 7.37. The fourth-order valence-corrected chi connectivity index (χ4v) is 4.37. The molecule has 2 bridgehead atoms. The van der Waals surface area contributed by atoms with Crippen molar-refractivity contribution in [1.29, 1.82) is 0 Å². The maximum atomic E-state index is 12.1. The van der Waals surface area contributed by atoms with Crippen LogP contribution in [0.1, 0.15) is 23.1 Å². The maximum absolute atomic E-state index is 12.1. The first-order chi connectivity index (χ1) is 12.5. The van der Waals surface area contributed by atoms with Crippen molar-refractivity contribution in [1.82, 2.24) is 14.8 Å². The third kappa shape index (κ3) is 2.85. The van der Waals surface area contributed by atoms with E-state index in [1.54, 1.807) is 18.7 Å². The van der Waals surface area contributed by atoms with Gasteiger partial charge in [0.1, 0.15) is 5.75 Å². The number of hydrogen-bond donors (Lipinski definition) is 1. The van der Waals surface area contributed by atoms with Crippen LogP contribution in [-0.4, -0.2) is 41.8 Å². The van der Waals surface area contributed by atoms with Gasteiger partial charge >= 0.3 is 0 Å². The van der Waals surface area contributed by atoms with E-state index in [4.69, 9.17) is 4.74 Å². The molecule has 5 nitrogen and oxygen atoms in total. The van der Waals surface area contributed by atoms with E-state index in [1.165, 1.54) is 12.0 Å². The molecule has 2 aliphatic rings. The number of hydrogen-bond acceptors (Lipinski definition) is 4. The molecule has 0 spiro atoms. The van der Waals surface area contributed by atoms with Crippen molar-refractivity contribution in [2.24, 2.45) is 7.05 Å². The number of benzene rings is 1. The molecule has 0 aliphatic carbocycles. The zero-order valence-corrected chi connectivity index (χ0v) is 16.0. The monoisotopic (exact) mass is 353 g/mol. The second-order valence-corrected chi connectivity index (χ2v) is 7.66. The third-order valence-electron chi connectivity index (χ3n) is 6.07. The van der Waals surface area contributed by atoms with Gasteiger partial charge in [-0.15, -0.1) is 0 Å². The number of aryl methyl sites for hydroxylation is 1. The zero-order chi connectivity index (χ0) is 18.4. The average Bonchev–Trinajstić information content (AvgIpc) is 3.26. The van der Waals surface area contributed by atoms with E-state index >= 15 is 0 Å². The van der Waals surface area contributed by atoms with Crippen molar-refractivity contribution in [2.45, 2.75) is 38.9 Å². The maximum Gasteiger partial charge on any atom is 0.253 e. The summed E-state index contributed by atoms with van der Waals surface area (Å²) in [7, 11) is 3.54. The lowest BCUT2D eigenvalue weighted by atomic mass is 9.98. The smallest absolute Gasteiger partial charge is 0.253 e. The highest BCUT2D eigenvalue weighted by atomic mass is 16.5. The molecule has 0 saturated carbocycles. The minimum Gasteiger partial charge on any atom is -0.496 e. The van der Waals surface area contributed by atoms with Gasteiger partial charge in [0.05, 0.1) is 7.11 Å². The van der Waals surface area contributed by atoms with Crippen LogP contribution in [0.25, 0.3) is 11.1 Å². The van der Waals surface area contributed by atoms with E-state index in [2.05, 4.69) is 28.4 Å². The van der Waals surface area contributed by atoms with Crippen LogP contribution in [0.4, 0.5) is 0 Å². The molecule has 3 heterocycles. The molecule has 138 valence electrons. The minimum absolute atomic E-state index is 0.0625. The van der Waals surface area contributed by atoms with Crippen molar-refractivity contribution < 1.29 is 4.74 Å². The molecule has 2 saturated heterocycles. The summed E-state index contributed by atoms with van der Waals surface area (Å²) in [6.45, 7) is 7.05. The lowest BCUT2D eigenvalue weighted by Gasteiger charge is -2.28. The Labute approximate surface area is 154 Å². The van der Waals surface area contributed by atoms with E-state index in [0.717, 1.165) is 47.6 Å². The minimum atomic E-state index is 0.0625. The van der Waals surface area contributed by atoms with Crippen molar-refractivity contribution >= 4 is 0 Å². The Balaban J connectivity index is 1.67. The second kappa shape index (κ2) is 6.56. The summed E-state index contributed by atoms with van der Waals surface area (Å²) in [5.74, 6) is 0.920. The van der Waals surface area contributed by atoms with Gasteiger partial charge in [0.2, 0.25) is 0 Å². The third-order valence-corrected chi connectivity index (χ3v) is 6.07. The van der Waals surface area contributed by atoms with Crippen LogP contribution in [0.15, 0.2) is 29.2 Å². The van der Waals surface area contributed by atoms with Crippen LogP contribution in [0, 0.1) is 13.8 Å². The predicted molar refractivity (Wildman–Crippen MR) is 104 cm³/mol. The molecule has 26 heavy (non-hydrogen) atoms. The number of fused-ring (bicyclic) bond motifs is 2. The van der Waals surface area contributed by atoms with Crippen molar-refractivity contribution in [3.63, 3.8) is 0 Å². The molecule has 5 heteroatoms. The first kappa shape index (κ1) is 17.3. The molecular weight excluding hydrogens is 326 g/mol. The van der Waals surface area contributed by atoms with Gasteiger partial charge in [0, 0.05) is 61.7 Å². The van der Waals surface area contributed by atoms with E-state index < -0.39 is 0 Å². The van der Waals surface area contributed by atoms with Crippen LogP contribution in [0.2, 0.25) is 0 Å². The number of nitrogens with zero attached hydrogens (tertiary/aromatic N) is 2. The van der Waals surface area contributed by atoms with Crippen LogP contribution >= 0.6 is 0 Å². The number of aromatic nitrogens is 1. The molecule has 1 aromatic heterocycles. The van der Waals surface area contributed by atoms with Gasteiger partial charge in [-0.1, -0.05) is 12.1 Å². The molecular formula is C21H27N3O2. The number of likely N-dealkylation sites (tertiary alicyclic amines) is 1. The summed E-state index contributed by atoms with van der Waals surface area (Å²) in [5.41, 5.74) is 5.29. The highest BCUT2D eigenvalue weighted by molar-refractivity contribution is 5.69. The highest BCUT2D eigenvalue weighted by Crippen LogP contribution is 2.32. The second-order valence-electron chi connectivity index (χ2n) is 7.66. The lowest BCUT2D eigenvalue weighted by Crippen LogP contribution is -2.43. The quantitative estimate of drug-likeness (QED) is 0.916. The first-order valence-corrected chi connectivity index (χ1v) is 9.29. The van der Waals surface area contributed by atoms with Gasteiger partial charge < -0.3 is 14.6 Å². The van der Waals surface area contributed by atoms with Crippen molar-refractivity contribution in [3.8, 4) is 16.9 Å². The molecule has 2 fully saturated rings. The lowest BCUT2D eigenvalue weighted by molar-refractivity contribution is 0.215. The Hall–Kier alpha value is -2.11. The molecule has 1 aromatic carbocycles. The largest absolute Gasteiger partial charge is 0.496 e. The van der Waals surface area contributed by atoms with E-state index in [9.17, 15) is 4.79 Å². The summed E-state index contributed by atoms with van der Waals surface area (Å²) >= 11 is 0. The van der Waals surface area contributed by atoms with Crippen molar-refractivity contribution in [2.75, 3.05) is 20.2 Å². The van der Waals surface area contributed by atoms with Crippen LogP contribution in [-0.2, 0) is 13.6 Å². The molecule has 0 radical (unpaired) electrons. The fraction of sp³-hybridized carbons (Fsp3) is 0.476. The predicted octanol–water partition coefficient (Wildman–Crippen LogP) is 2.22. The average molecular weight is 353 g/mol. The van der Waals surface area contributed by atoms with Gasteiger partial charge in [-0.2, -0.15) is 0 Å². The SMILES string of the molecule is COc1cc(-c2cn(C)c(=O)c(C)c2C)ccc1CN1CC2CC1CN2. The zero-order valence-electron chi connectivity index (χ0n) is 16.0. The molecule has 4 rings (SSSR count). The normalized spacial score (nSPS) is 22.2. The standard InChI is InChI=1S/C21H27N3O2/c1-13-14(2)21(25)23(3)12-19(13)15-5-6-16(20(7-15)26-4)10-24-11-17-8-18(24)9-22-17/h5-7,12,17-18,22H,8-11H2,1-4H3.